The number of carbonyl (C=O) groups excluding carboxylic acids is 1. The summed E-state index contributed by atoms with van der Waals surface area (Å²) in [6.45, 7) is 3.04. The zero-order valence-corrected chi connectivity index (χ0v) is 23.6. The first kappa shape index (κ1) is 29.9. The van der Waals surface area contributed by atoms with E-state index < -0.39 is 0 Å². The van der Waals surface area contributed by atoms with Gasteiger partial charge in [0.25, 0.3) is 0 Å². The first-order valence-corrected chi connectivity index (χ1v) is 15.9. The van der Waals surface area contributed by atoms with Crippen molar-refractivity contribution in [2.45, 2.75) is 142 Å². The SMILES string of the molecule is CCCCCCCCCCCCCCCCCCCCCC(=O)NCCc1csc2ccccc12. The average Bonchev–Trinajstić information content (AvgIpc) is 3.28. The number of carbonyl (C=O) groups is 1. The molecule has 0 aliphatic heterocycles. The Kier molecular flexibility index (Phi) is 17.8. The number of hydrogen-bond donors (Lipinski definition) is 1. The molecule has 0 aliphatic rings. The summed E-state index contributed by atoms with van der Waals surface area (Å²) < 4.78 is 1.34. The molecule has 1 heterocycles. The molecule has 0 fully saturated rings. The Morgan fingerprint density at radius 2 is 1.17 bits per heavy atom. The fraction of sp³-hybridized carbons (Fsp3) is 0.719. The van der Waals surface area contributed by atoms with Crippen LogP contribution in [0.2, 0.25) is 0 Å². The second-order valence-corrected chi connectivity index (χ2v) is 11.4. The molecule has 0 atom stereocenters. The van der Waals surface area contributed by atoms with Gasteiger partial charge in [-0.15, -0.1) is 11.3 Å². The van der Waals surface area contributed by atoms with Gasteiger partial charge in [0.05, 0.1) is 0 Å². The van der Waals surface area contributed by atoms with Crippen LogP contribution < -0.4 is 5.32 Å². The second kappa shape index (κ2) is 20.8. The molecule has 1 amide bonds. The smallest absolute Gasteiger partial charge is 0.220 e. The van der Waals surface area contributed by atoms with Crippen molar-refractivity contribution < 1.29 is 4.79 Å². The molecule has 3 heteroatoms. The fourth-order valence-corrected chi connectivity index (χ4v) is 6.01. The van der Waals surface area contributed by atoms with E-state index in [1.165, 1.54) is 131 Å². The van der Waals surface area contributed by atoms with Crippen molar-refractivity contribution in [1.82, 2.24) is 5.32 Å². The van der Waals surface area contributed by atoms with Crippen LogP contribution in [0.25, 0.3) is 10.1 Å². The zero-order chi connectivity index (χ0) is 24.8. The lowest BCUT2D eigenvalue weighted by Crippen LogP contribution is -2.25. The lowest BCUT2D eigenvalue weighted by Gasteiger charge is -2.06. The molecule has 1 aromatic heterocycles. The predicted molar refractivity (Wildman–Crippen MR) is 157 cm³/mol. The van der Waals surface area contributed by atoms with Gasteiger partial charge in [0, 0.05) is 17.7 Å². The van der Waals surface area contributed by atoms with Crippen molar-refractivity contribution in [3.05, 3.63) is 35.2 Å². The van der Waals surface area contributed by atoms with Gasteiger partial charge in [-0.1, -0.05) is 141 Å². The van der Waals surface area contributed by atoms with Gasteiger partial charge in [-0.25, -0.2) is 0 Å². The number of rotatable bonds is 23. The van der Waals surface area contributed by atoms with Gasteiger partial charge < -0.3 is 5.32 Å². The summed E-state index contributed by atoms with van der Waals surface area (Å²) in [5, 5.41) is 6.68. The molecule has 2 nitrogen and oxygen atoms in total. The van der Waals surface area contributed by atoms with E-state index in [9.17, 15) is 4.79 Å². The molecule has 1 aromatic carbocycles. The van der Waals surface area contributed by atoms with Gasteiger partial charge >= 0.3 is 0 Å². The minimum Gasteiger partial charge on any atom is -0.356 e. The quantitative estimate of drug-likeness (QED) is 0.151. The van der Waals surface area contributed by atoms with E-state index in [-0.39, 0.29) is 5.91 Å². The number of thiophene rings is 1. The maximum atomic E-state index is 12.1. The van der Waals surface area contributed by atoms with Crippen LogP contribution >= 0.6 is 11.3 Å². The number of nitrogens with one attached hydrogen (secondary N) is 1. The zero-order valence-electron chi connectivity index (χ0n) is 22.8. The highest BCUT2D eigenvalue weighted by Crippen LogP contribution is 2.25. The summed E-state index contributed by atoms with van der Waals surface area (Å²) >= 11 is 1.79. The van der Waals surface area contributed by atoms with Crippen LogP contribution in [0.3, 0.4) is 0 Å². The first-order chi connectivity index (χ1) is 17.3. The fourth-order valence-electron chi connectivity index (χ4n) is 5.02. The number of amides is 1. The molecule has 0 aliphatic carbocycles. The van der Waals surface area contributed by atoms with Crippen LogP contribution in [0.4, 0.5) is 0 Å². The molecular formula is C32H53NOS. The highest BCUT2D eigenvalue weighted by molar-refractivity contribution is 7.17. The molecule has 0 radical (unpaired) electrons. The number of benzene rings is 1. The van der Waals surface area contributed by atoms with Crippen LogP contribution in [0, 0.1) is 0 Å². The third-order valence-electron chi connectivity index (χ3n) is 7.29. The van der Waals surface area contributed by atoms with Crippen molar-refractivity contribution in [1.29, 1.82) is 0 Å². The molecule has 2 aromatic rings. The van der Waals surface area contributed by atoms with Gasteiger partial charge in [-0.05, 0) is 35.2 Å². The van der Waals surface area contributed by atoms with Crippen LogP contribution in [-0.2, 0) is 11.2 Å². The molecule has 0 spiro atoms. The number of fused-ring (bicyclic) bond motifs is 1. The lowest BCUT2D eigenvalue weighted by atomic mass is 10.0. The van der Waals surface area contributed by atoms with Crippen molar-refractivity contribution in [3.63, 3.8) is 0 Å². The van der Waals surface area contributed by atoms with E-state index in [0.29, 0.717) is 6.42 Å². The van der Waals surface area contributed by atoms with Crippen LogP contribution in [0.15, 0.2) is 29.6 Å². The number of unbranched alkanes of at least 4 members (excludes halogenated alkanes) is 18. The molecule has 0 saturated heterocycles. The van der Waals surface area contributed by atoms with Crippen molar-refractivity contribution in [2.24, 2.45) is 0 Å². The van der Waals surface area contributed by atoms with Gasteiger partial charge in [0.1, 0.15) is 0 Å². The monoisotopic (exact) mass is 499 g/mol. The van der Waals surface area contributed by atoms with Gasteiger partial charge in [0.15, 0.2) is 0 Å². The first-order valence-electron chi connectivity index (χ1n) is 15.0. The molecule has 0 saturated carbocycles. The van der Waals surface area contributed by atoms with E-state index in [4.69, 9.17) is 0 Å². The second-order valence-electron chi connectivity index (χ2n) is 10.5. The standard InChI is InChI=1S/C32H53NOS/c1-2-3-4-5-6-7-8-9-10-11-12-13-14-15-16-17-18-19-20-25-32(34)33-27-26-29-28-35-31-24-22-21-23-30(29)31/h21-24,28H,2-20,25-27H2,1H3,(H,33,34). The van der Waals surface area contributed by atoms with Crippen molar-refractivity contribution >= 4 is 27.3 Å². The average molecular weight is 500 g/mol. The van der Waals surface area contributed by atoms with E-state index >= 15 is 0 Å². The van der Waals surface area contributed by atoms with Gasteiger partial charge in [-0.3, -0.25) is 4.79 Å². The summed E-state index contributed by atoms with van der Waals surface area (Å²) in [6.07, 6.45) is 27.9. The number of hydrogen-bond acceptors (Lipinski definition) is 2. The Morgan fingerprint density at radius 3 is 1.71 bits per heavy atom. The summed E-state index contributed by atoms with van der Waals surface area (Å²) in [4.78, 5) is 12.1. The topological polar surface area (TPSA) is 29.1 Å². The van der Waals surface area contributed by atoms with Gasteiger partial charge in [-0.2, -0.15) is 0 Å². The van der Waals surface area contributed by atoms with E-state index in [1.807, 2.05) is 0 Å². The Labute approximate surface area is 220 Å². The third kappa shape index (κ3) is 14.7. The maximum absolute atomic E-state index is 12.1. The summed E-state index contributed by atoms with van der Waals surface area (Å²) in [7, 11) is 0. The minimum atomic E-state index is 0.219. The largest absolute Gasteiger partial charge is 0.356 e. The molecule has 1 N–H and O–H groups in total. The predicted octanol–water partition coefficient (Wildman–Crippen LogP) is 10.4. The van der Waals surface area contributed by atoms with E-state index in [1.54, 1.807) is 11.3 Å². The molecular weight excluding hydrogens is 446 g/mol. The van der Waals surface area contributed by atoms with Gasteiger partial charge in [0.2, 0.25) is 5.91 Å². The molecule has 35 heavy (non-hydrogen) atoms. The Bertz CT molecular complexity index is 768. The Balaban J connectivity index is 1.28. The Hall–Kier alpha value is -1.35. The summed E-state index contributed by atoms with van der Waals surface area (Å²) in [5.74, 6) is 0.219. The van der Waals surface area contributed by atoms with E-state index in [2.05, 4.69) is 41.9 Å². The normalized spacial score (nSPS) is 11.3. The molecule has 198 valence electrons. The highest BCUT2D eigenvalue weighted by Gasteiger charge is 2.05. The Morgan fingerprint density at radius 1 is 0.686 bits per heavy atom. The summed E-state index contributed by atoms with van der Waals surface area (Å²) in [6, 6.07) is 8.53. The summed E-state index contributed by atoms with van der Waals surface area (Å²) in [5.41, 5.74) is 1.36. The lowest BCUT2D eigenvalue weighted by molar-refractivity contribution is -0.121. The van der Waals surface area contributed by atoms with Crippen LogP contribution in [0.5, 0.6) is 0 Å². The van der Waals surface area contributed by atoms with Crippen LogP contribution in [0.1, 0.15) is 141 Å². The van der Waals surface area contributed by atoms with Crippen LogP contribution in [-0.4, -0.2) is 12.5 Å². The highest BCUT2D eigenvalue weighted by atomic mass is 32.1. The third-order valence-corrected chi connectivity index (χ3v) is 8.30. The van der Waals surface area contributed by atoms with Crippen molar-refractivity contribution in [3.8, 4) is 0 Å². The van der Waals surface area contributed by atoms with E-state index in [0.717, 1.165) is 19.4 Å². The minimum absolute atomic E-state index is 0.219. The maximum Gasteiger partial charge on any atom is 0.220 e. The molecule has 0 bridgehead atoms. The molecule has 0 unspecified atom stereocenters. The van der Waals surface area contributed by atoms with Crippen molar-refractivity contribution in [2.75, 3.05) is 6.54 Å². The molecule has 2 rings (SSSR count).